The molecule has 1 atom stereocenters. The van der Waals surface area contributed by atoms with Gasteiger partial charge >= 0.3 is 0 Å². The lowest BCUT2D eigenvalue weighted by Crippen LogP contribution is -2.48. The normalized spacial score (nSPS) is 25.7. The van der Waals surface area contributed by atoms with Crippen molar-refractivity contribution in [3.8, 4) is 0 Å². The molecule has 2 heterocycles. The Bertz CT molecular complexity index is 874. The van der Waals surface area contributed by atoms with Crippen LogP contribution < -0.4 is 4.72 Å². The largest absolute Gasteiger partial charge is 0.393 e. The van der Waals surface area contributed by atoms with Crippen molar-refractivity contribution < 1.29 is 13.5 Å². The average molecular weight is 375 g/mol. The summed E-state index contributed by atoms with van der Waals surface area (Å²) in [6, 6.07) is 9.47. The van der Waals surface area contributed by atoms with E-state index in [2.05, 4.69) is 9.71 Å². The molecule has 1 aromatic heterocycles. The van der Waals surface area contributed by atoms with Crippen LogP contribution in [-0.2, 0) is 10.2 Å². The molecule has 0 spiro atoms. The van der Waals surface area contributed by atoms with E-state index in [1.165, 1.54) is 0 Å². The topological polar surface area (TPSA) is 82.5 Å². The molecular weight excluding hydrogens is 350 g/mol. The highest BCUT2D eigenvalue weighted by atomic mass is 32.2. The monoisotopic (exact) mass is 375 g/mol. The summed E-state index contributed by atoms with van der Waals surface area (Å²) in [7, 11) is -3.55. The molecule has 2 N–H and O–H groups in total. The van der Waals surface area contributed by atoms with E-state index in [-0.39, 0.29) is 18.1 Å². The van der Waals surface area contributed by atoms with Gasteiger partial charge in [-0.25, -0.2) is 0 Å². The summed E-state index contributed by atoms with van der Waals surface area (Å²) in [5, 5.41) is 10.7. The van der Waals surface area contributed by atoms with Gasteiger partial charge in [0.2, 0.25) is 0 Å². The van der Waals surface area contributed by atoms with Gasteiger partial charge in [0.25, 0.3) is 10.2 Å². The van der Waals surface area contributed by atoms with Gasteiger partial charge < -0.3 is 5.11 Å². The van der Waals surface area contributed by atoms with Crippen LogP contribution in [0.1, 0.15) is 43.7 Å². The average Bonchev–Trinajstić information content (AvgIpc) is 2.64. The van der Waals surface area contributed by atoms with Crippen LogP contribution in [0.2, 0.25) is 0 Å². The van der Waals surface area contributed by atoms with Crippen molar-refractivity contribution in [2.75, 3.05) is 13.1 Å². The fraction of sp³-hybridized carbons (Fsp3) is 0.526. The number of pyridine rings is 1. The number of aromatic nitrogens is 1. The van der Waals surface area contributed by atoms with Gasteiger partial charge in [0, 0.05) is 24.7 Å². The summed E-state index contributed by atoms with van der Waals surface area (Å²) >= 11 is 0. The molecule has 1 aliphatic heterocycles. The number of hydrogen-bond donors (Lipinski definition) is 2. The van der Waals surface area contributed by atoms with E-state index in [4.69, 9.17) is 0 Å². The first-order valence-electron chi connectivity index (χ1n) is 9.33. The van der Waals surface area contributed by atoms with Crippen LogP contribution in [0.25, 0.3) is 10.9 Å². The summed E-state index contributed by atoms with van der Waals surface area (Å²) in [5.74, 6) is 0.0903. The van der Waals surface area contributed by atoms with E-state index < -0.39 is 10.2 Å². The van der Waals surface area contributed by atoms with Gasteiger partial charge in [0.1, 0.15) is 0 Å². The molecule has 0 radical (unpaired) electrons. The molecule has 7 heteroatoms. The summed E-state index contributed by atoms with van der Waals surface area (Å²) in [6.07, 6.45) is 5.54. The predicted molar refractivity (Wildman–Crippen MR) is 101 cm³/mol. The molecule has 1 saturated heterocycles. The second-order valence-corrected chi connectivity index (χ2v) is 9.11. The zero-order valence-corrected chi connectivity index (χ0v) is 15.5. The number of aliphatic hydroxyl groups excluding tert-OH is 1. The Labute approximate surface area is 154 Å². The lowest BCUT2D eigenvalue weighted by atomic mass is 9.75. The van der Waals surface area contributed by atoms with Crippen molar-refractivity contribution in [1.82, 2.24) is 14.0 Å². The Morgan fingerprint density at radius 3 is 2.62 bits per heavy atom. The number of nitrogens with one attached hydrogen (secondary N) is 1. The Kier molecular flexibility index (Phi) is 4.96. The van der Waals surface area contributed by atoms with Crippen LogP contribution in [0.3, 0.4) is 0 Å². The predicted octanol–water partition coefficient (Wildman–Crippen LogP) is 2.37. The minimum Gasteiger partial charge on any atom is -0.393 e. The number of rotatable bonds is 5. The number of benzene rings is 1. The Morgan fingerprint density at radius 1 is 1.15 bits per heavy atom. The maximum Gasteiger partial charge on any atom is 0.280 e. The number of nitrogens with zero attached hydrogens (tertiary/aromatic N) is 2. The number of aliphatic hydroxyl groups is 1. The van der Waals surface area contributed by atoms with E-state index in [1.54, 1.807) is 10.5 Å². The Morgan fingerprint density at radius 2 is 1.88 bits per heavy atom. The van der Waals surface area contributed by atoms with Crippen LogP contribution in [0.4, 0.5) is 0 Å². The third kappa shape index (κ3) is 3.62. The number of piperidine rings is 1. The molecule has 0 bridgehead atoms. The molecule has 1 saturated carbocycles. The third-order valence-corrected chi connectivity index (χ3v) is 7.12. The first-order valence-corrected chi connectivity index (χ1v) is 10.8. The van der Waals surface area contributed by atoms with E-state index in [1.807, 2.05) is 30.3 Å². The fourth-order valence-corrected chi connectivity index (χ4v) is 5.47. The molecule has 2 fully saturated rings. The first kappa shape index (κ1) is 17.9. The zero-order chi connectivity index (χ0) is 18.1. The van der Waals surface area contributed by atoms with Gasteiger partial charge in [-0.15, -0.1) is 0 Å². The molecular formula is C19H25N3O3S. The molecule has 2 aromatic rings. The van der Waals surface area contributed by atoms with Crippen LogP contribution in [0, 0.1) is 5.92 Å². The van der Waals surface area contributed by atoms with Gasteiger partial charge in [-0.1, -0.05) is 24.6 Å². The van der Waals surface area contributed by atoms with E-state index >= 15 is 0 Å². The van der Waals surface area contributed by atoms with Gasteiger partial charge in [0.05, 0.1) is 17.7 Å². The highest BCUT2D eigenvalue weighted by Gasteiger charge is 2.38. The van der Waals surface area contributed by atoms with E-state index in [0.29, 0.717) is 25.9 Å². The van der Waals surface area contributed by atoms with Gasteiger partial charge in [0.15, 0.2) is 0 Å². The van der Waals surface area contributed by atoms with E-state index in [0.717, 1.165) is 35.7 Å². The van der Waals surface area contributed by atoms with Crippen LogP contribution in [0.15, 0.2) is 36.5 Å². The summed E-state index contributed by atoms with van der Waals surface area (Å²) in [4.78, 5) is 4.49. The SMILES string of the molecule is O=S(=O)(N[C@@H](c1cnc2ccccc2c1)C1CC(O)C1)N1CCCCC1. The number of hydrogen-bond acceptors (Lipinski definition) is 4. The molecule has 0 amide bonds. The van der Waals surface area contributed by atoms with Crippen molar-refractivity contribution in [2.45, 2.75) is 44.2 Å². The standard InChI is InChI=1S/C19H25N3O3S/c23-17-11-15(12-17)19(21-26(24,25)22-8-4-1-5-9-22)16-10-14-6-2-3-7-18(14)20-13-16/h2-3,6-7,10,13,15,17,19,21,23H,1,4-5,8-9,11-12H2/t15?,17?,19-/m1/s1. The third-order valence-electron chi connectivity index (χ3n) is 5.52. The molecule has 2 aliphatic rings. The maximum absolute atomic E-state index is 12.9. The van der Waals surface area contributed by atoms with Crippen molar-refractivity contribution >= 4 is 21.1 Å². The molecule has 140 valence electrons. The van der Waals surface area contributed by atoms with Crippen molar-refractivity contribution in [3.05, 3.63) is 42.1 Å². The highest BCUT2D eigenvalue weighted by molar-refractivity contribution is 7.87. The first-order chi connectivity index (χ1) is 12.5. The molecule has 0 unspecified atom stereocenters. The second-order valence-electron chi connectivity index (χ2n) is 7.41. The lowest BCUT2D eigenvalue weighted by molar-refractivity contribution is 0.0276. The molecule has 6 nitrogen and oxygen atoms in total. The second kappa shape index (κ2) is 7.23. The number of fused-ring (bicyclic) bond motifs is 1. The smallest absolute Gasteiger partial charge is 0.280 e. The fourth-order valence-electron chi connectivity index (χ4n) is 3.94. The van der Waals surface area contributed by atoms with Crippen molar-refractivity contribution in [2.24, 2.45) is 5.92 Å². The highest BCUT2D eigenvalue weighted by Crippen LogP contribution is 2.39. The summed E-state index contributed by atoms with van der Waals surface area (Å²) in [6.45, 7) is 1.15. The zero-order valence-electron chi connectivity index (χ0n) is 14.7. The van der Waals surface area contributed by atoms with Crippen molar-refractivity contribution in [3.63, 3.8) is 0 Å². The van der Waals surface area contributed by atoms with Gasteiger partial charge in [-0.3, -0.25) is 4.98 Å². The molecule has 1 aromatic carbocycles. The van der Waals surface area contributed by atoms with Gasteiger partial charge in [-0.05, 0) is 49.3 Å². The van der Waals surface area contributed by atoms with E-state index in [9.17, 15) is 13.5 Å². The summed E-state index contributed by atoms with van der Waals surface area (Å²) in [5.41, 5.74) is 1.75. The van der Waals surface area contributed by atoms with Gasteiger partial charge in [-0.2, -0.15) is 17.4 Å². The van der Waals surface area contributed by atoms with Crippen LogP contribution in [0.5, 0.6) is 0 Å². The molecule has 4 rings (SSSR count). The number of para-hydroxylation sites is 1. The minimum atomic E-state index is -3.55. The van der Waals surface area contributed by atoms with Crippen LogP contribution >= 0.6 is 0 Å². The quantitative estimate of drug-likeness (QED) is 0.840. The molecule has 26 heavy (non-hydrogen) atoms. The van der Waals surface area contributed by atoms with Crippen LogP contribution in [-0.4, -0.2) is 42.0 Å². The summed E-state index contributed by atoms with van der Waals surface area (Å²) < 4.78 is 30.2. The maximum atomic E-state index is 12.9. The molecule has 1 aliphatic carbocycles. The lowest BCUT2D eigenvalue weighted by Gasteiger charge is -2.39. The van der Waals surface area contributed by atoms with Crippen molar-refractivity contribution in [1.29, 1.82) is 0 Å². The minimum absolute atomic E-state index is 0.0903. The Hall–Kier alpha value is -1.54. The Balaban J connectivity index is 1.63.